The summed E-state index contributed by atoms with van der Waals surface area (Å²) in [5, 5.41) is 6.95. The molecule has 0 aliphatic heterocycles. The van der Waals surface area contributed by atoms with Crippen molar-refractivity contribution in [3.8, 4) is 11.8 Å². The van der Waals surface area contributed by atoms with Crippen LogP contribution in [0.15, 0.2) is 34.7 Å². The van der Waals surface area contributed by atoms with Crippen LogP contribution in [0.2, 0.25) is 19.6 Å². The van der Waals surface area contributed by atoms with Crippen molar-refractivity contribution in [3.63, 3.8) is 0 Å². The fourth-order valence-corrected chi connectivity index (χ4v) is 4.41. The summed E-state index contributed by atoms with van der Waals surface area (Å²) in [4.78, 5) is 21.2. The number of nitrogens with one attached hydrogen (secondary N) is 2. The molecule has 2 aromatic heterocycles. The molecule has 0 bridgehead atoms. The lowest BCUT2D eigenvalue weighted by Crippen LogP contribution is -2.37. The summed E-state index contributed by atoms with van der Waals surface area (Å²) in [6.45, 7) is 9.07. The molecule has 0 spiro atoms. The first-order chi connectivity index (χ1) is 15.2. The van der Waals surface area contributed by atoms with E-state index in [1.54, 1.807) is 13.1 Å². The van der Waals surface area contributed by atoms with E-state index >= 15 is 0 Å². The standard InChI is InChI=1S/C23H30N4O4Si/c1-14-8-10-17(32(5,6)7)13-15(14)12-16-9-11-18(31-16)20(28)25-19-21(29-3)26-23(24-2)27-22(19)30-4/h8-11,13H,12H2,1-7H3,(H,25,28)(H,24,26,27). The van der Waals surface area contributed by atoms with E-state index in [0.29, 0.717) is 18.1 Å². The zero-order valence-corrected chi connectivity index (χ0v) is 20.6. The molecule has 3 rings (SSSR count). The van der Waals surface area contributed by atoms with Crippen molar-refractivity contribution in [2.24, 2.45) is 0 Å². The minimum Gasteiger partial charge on any atom is -0.479 e. The fraction of sp³-hybridized carbons (Fsp3) is 0.348. The Morgan fingerprint density at radius 1 is 1.06 bits per heavy atom. The van der Waals surface area contributed by atoms with Gasteiger partial charge in [-0.15, -0.1) is 0 Å². The van der Waals surface area contributed by atoms with Gasteiger partial charge in [-0.3, -0.25) is 4.79 Å². The third kappa shape index (κ3) is 5.10. The molecule has 2 N–H and O–H groups in total. The van der Waals surface area contributed by atoms with Gasteiger partial charge in [-0.25, -0.2) is 0 Å². The van der Waals surface area contributed by atoms with Crippen molar-refractivity contribution in [3.05, 3.63) is 53.0 Å². The Morgan fingerprint density at radius 2 is 1.72 bits per heavy atom. The second-order valence-electron chi connectivity index (χ2n) is 8.48. The number of aromatic nitrogens is 2. The monoisotopic (exact) mass is 454 g/mol. The number of furan rings is 1. The largest absolute Gasteiger partial charge is 0.479 e. The second-order valence-corrected chi connectivity index (χ2v) is 13.6. The Kier molecular flexibility index (Phi) is 6.88. The first kappa shape index (κ1) is 23.3. The van der Waals surface area contributed by atoms with Crippen LogP contribution in [0, 0.1) is 6.92 Å². The molecule has 0 unspecified atom stereocenters. The SMILES string of the molecule is CNc1nc(OC)c(NC(=O)c2ccc(Cc3cc([Si](C)(C)C)ccc3C)o2)c(OC)n1. The highest BCUT2D eigenvalue weighted by Gasteiger charge is 2.22. The lowest BCUT2D eigenvalue weighted by Gasteiger charge is -2.18. The van der Waals surface area contributed by atoms with Crippen molar-refractivity contribution in [2.45, 2.75) is 33.0 Å². The molecule has 0 saturated heterocycles. The Labute approximate surface area is 189 Å². The summed E-state index contributed by atoms with van der Waals surface area (Å²) in [6, 6.07) is 10.1. The van der Waals surface area contributed by atoms with Crippen LogP contribution in [0.3, 0.4) is 0 Å². The maximum Gasteiger partial charge on any atom is 0.291 e. The van der Waals surface area contributed by atoms with Gasteiger partial charge in [0.2, 0.25) is 17.7 Å². The highest BCUT2D eigenvalue weighted by molar-refractivity contribution is 6.88. The van der Waals surface area contributed by atoms with Gasteiger partial charge >= 0.3 is 0 Å². The number of hydrogen-bond donors (Lipinski definition) is 2. The molecular formula is C23H30N4O4Si. The van der Waals surface area contributed by atoms with Crippen LogP contribution in [-0.2, 0) is 6.42 Å². The van der Waals surface area contributed by atoms with E-state index < -0.39 is 14.0 Å². The van der Waals surface area contributed by atoms with E-state index in [1.165, 1.54) is 30.5 Å². The first-order valence-electron chi connectivity index (χ1n) is 10.3. The number of ether oxygens (including phenoxy) is 2. The van der Waals surface area contributed by atoms with E-state index in [2.05, 4.69) is 65.4 Å². The molecule has 0 atom stereocenters. The van der Waals surface area contributed by atoms with E-state index in [1.807, 2.05) is 6.07 Å². The van der Waals surface area contributed by atoms with Crippen LogP contribution in [0.1, 0.15) is 27.4 Å². The smallest absolute Gasteiger partial charge is 0.291 e. The summed E-state index contributed by atoms with van der Waals surface area (Å²) >= 11 is 0. The van der Waals surface area contributed by atoms with Crippen LogP contribution in [0.5, 0.6) is 11.8 Å². The zero-order valence-electron chi connectivity index (χ0n) is 19.6. The number of carbonyl (C=O) groups excluding carboxylic acids is 1. The second kappa shape index (κ2) is 9.43. The number of benzene rings is 1. The Bertz CT molecular complexity index is 1100. The third-order valence-corrected chi connectivity index (χ3v) is 7.20. The lowest BCUT2D eigenvalue weighted by molar-refractivity contribution is 0.0994. The van der Waals surface area contributed by atoms with E-state index in [0.717, 1.165) is 0 Å². The molecule has 0 radical (unpaired) electrons. The van der Waals surface area contributed by atoms with Gasteiger partial charge in [0.05, 0.1) is 22.3 Å². The molecule has 0 fully saturated rings. The predicted molar refractivity (Wildman–Crippen MR) is 128 cm³/mol. The van der Waals surface area contributed by atoms with E-state index in [4.69, 9.17) is 13.9 Å². The zero-order chi connectivity index (χ0) is 23.5. The number of hydrogen-bond acceptors (Lipinski definition) is 7. The Hall–Kier alpha value is -3.33. The molecule has 32 heavy (non-hydrogen) atoms. The molecule has 9 heteroatoms. The van der Waals surface area contributed by atoms with Crippen molar-refractivity contribution in [1.29, 1.82) is 0 Å². The number of anilines is 2. The van der Waals surface area contributed by atoms with Gasteiger partial charge in [0, 0.05) is 13.5 Å². The average Bonchev–Trinajstić information content (AvgIpc) is 3.23. The molecular weight excluding hydrogens is 424 g/mol. The van der Waals surface area contributed by atoms with Crippen LogP contribution in [-0.4, -0.2) is 45.2 Å². The molecule has 3 aromatic rings. The summed E-state index contributed by atoms with van der Waals surface area (Å²) in [5.41, 5.74) is 2.63. The number of carbonyl (C=O) groups is 1. The number of nitrogens with zero attached hydrogens (tertiary/aromatic N) is 2. The van der Waals surface area contributed by atoms with Gasteiger partial charge in [0.15, 0.2) is 11.4 Å². The van der Waals surface area contributed by atoms with E-state index in [-0.39, 0.29) is 23.2 Å². The maximum absolute atomic E-state index is 12.8. The average molecular weight is 455 g/mol. The summed E-state index contributed by atoms with van der Waals surface area (Å²) in [7, 11) is 3.17. The molecule has 170 valence electrons. The minimum absolute atomic E-state index is 0.181. The topological polar surface area (TPSA) is 98.5 Å². The van der Waals surface area contributed by atoms with Crippen molar-refractivity contribution < 1.29 is 18.7 Å². The quantitative estimate of drug-likeness (QED) is 0.499. The van der Waals surface area contributed by atoms with Gasteiger partial charge in [0.1, 0.15) is 5.76 Å². The summed E-state index contributed by atoms with van der Waals surface area (Å²) in [5.74, 6) is 1.13. The number of rotatable bonds is 8. The fourth-order valence-electron chi connectivity index (χ4n) is 3.22. The molecule has 1 aromatic carbocycles. The molecule has 2 heterocycles. The van der Waals surface area contributed by atoms with Crippen LogP contribution in [0.4, 0.5) is 11.6 Å². The molecule has 1 amide bonds. The lowest BCUT2D eigenvalue weighted by atomic mass is 10.0. The summed E-state index contributed by atoms with van der Waals surface area (Å²) < 4.78 is 16.4. The van der Waals surface area contributed by atoms with Gasteiger partial charge in [0.25, 0.3) is 5.91 Å². The predicted octanol–water partition coefficient (Wildman–Crippen LogP) is 3.83. The normalized spacial score (nSPS) is 11.2. The Morgan fingerprint density at radius 3 is 2.28 bits per heavy atom. The van der Waals surface area contributed by atoms with Crippen molar-refractivity contribution in [1.82, 2.24) is 9.97 Å². The van der Waals surface area contributed by atoms with Crippen LogP contribution >= 0.6 is 0 Å². The number of methoxy groups -OCH3 is 2. The molecule has 0 aliphatic carbocycles. The highest BCUT2D eigenvalue weighted by atomic mass is 28.3. The van der Waals surface area contributed by atoms with Gasteiger partial charge in [-0.2, -0.15) is 9.97 Å². The molecule has 0 aliphatic rings. The van der Waals surface area contributed by atoms with Gasteiger partial charge in [-0.1, -0.05) is 43.0 Å². The maximum atomic E-state index is 12.8. The van der Waals surface area contributed by atoms with Gasteiger partial charge < -0.3 is 24.5 Å². The van der Waals surface area contributed by atoms with Crippen molar-refractivity contribution >= 4 is 30.8 Å². The minimum atomic E-state index is -1.42. The summed E-state index contributed by atoms with van der Waals surface area (Å²) in [6.07, 6.45) is 0.615. The third-order valence-electron chi connectivity index (χ3n) is 5.16. The van der Waals surface area contributed by atoms with Crippen LogP contribution in [0.25, 0.3) is 0 Å². The van der Waals surface area contributed by atoms with Crippen molar-refractivity contribution in [2.75, 3.05) is 31.9 Å². The first-order valence-corrected chi connectivity index (χ1v) is 13.8. The Balaban J connectivity index is 1.82. The highest BCUT2D eigenvalue weighted by Crippen LogP contribution is 2.33. The number of aryl methyl sites for hydroxylation is 1. The van der Waals surface area contributed by atoms with Crippen LogP contribution < -0.4 is 25.3 Å². The molecule has 0 saturated carbocycles. The molecule has 8 nitrogen and oxygen atoms in total. The van der Waals surface area contributed by atoms with Gasteiger partial charge in [-0.05, 0) is 30.2 Å². The number of amides is 1. The van der Waals surface area contributed by atoms with E-state index in [9.17, 15) is 4.79 Å².